The number of hydrogen-bond donors (Lipinski definition) is 0. The maximum Gasteiger partial charge on any atom is 0.168 e. The van der Waals surface area contributed by atoms with Gasteiger partial charge in [0.1, 0.15) is 5.01 Å². The molecule has 15 heavy (non-hydrogen) atoms. The van der Waals surface area contributed by atoms with Crippen LogP contribution in [0.1, 0.15) is 16.3 Å². The Labute approximate surface area is 92.6 Å². The van der Waals surface area contributed by atoms with Gasteiger partial charge in [-0.1, -0.05) is 30.3 Å². The standard InChI is InChI=1S/C12H11NOS/c1-9-7-15-11(13-9)12(8-14-12)10-5-3-2-4-6-10/h2-7H,8H2,1H3. The van der Waals surface area contributed by atoms with Gasteiger partial charge in [-0.25, -0.2) is 4.98 Å². The molecule has 0 bridgehead atoms. The van der Waals surface area contributed by atoms with Crippen molar-refractivity contribution in [3.8, 4) is 0 Å². The van der Waals surface area contributed by atoms with Crippen molar-refractivity contribution in [2.45, 2.75) is 12.5 Å². The monoisotopic (exact) mass is 217 g/mol. The maximum atomic E-state index is 5.63. The van der Waals surface area contributed by atoms with Crippen molar-refractivity contribution in [1.82, 2.24) is 4.98 Å². The van der Waals surface area contributed by atoms with Gasteiger partial charge in [0.15, 0.2) is 5.60 Å². The highest BCUT2D eigenvalue weighted by atomic mass is 32.1. The number of nitrogens with zero attached hydrogens (tertiary/aromatic N) is 1. The molecule has 0 saturated carbocycles. The van der Waals surface area contributed by atoms with Crippen molar-refractivity contribution in [3.63, 3.8) is 0 Å². The van der Waals surface area contributed by atoms with E-state index in [1.807, 2.05) is 25.1 Å². The molecule has 0 spiro atoms. The van der Waals surface area contributed by atoms with Crippen molar-refractivity contribution in [1.29, 1.82) is 0 Å². The fourth-order valence-corrected chi connectivity index (χ4v) is 2.69. The van der Waals surface area contributed by atoms with Gasteiger partial charge in [0, 0.05) is 11.1 Å². The molecular formula is C12H11NOS. The van der Waals surface area contributed by atoms with Crippen molar-refractivity contribution in [2.75, 3.05) is 6.61 Å². The topological polar surface area (TPSA) is 25.4 Å². The lowest BCUT2D eigenvalue weighted by atomic mass is 10.0. The zero-order valence-electron chi connectivity index (χ0n) is 8.43. The molecular weight excluding hydrogens is 206 g/mol. The summed E-state index contributed by atoms with van der Waals surface area (Å²) in [6, 6.07) is 10.3. The Balaban J connectivity index is 2.05. The van der Waals surface area contributed by atoms with E-state index in [1.54, 1.807) is 11.3 Å². The van der Waals surface area contributed by atoms with Crippen molar-refractivity contribution in [3.05, 3.63) is 52.0 Å². The number of hydrogen-bond acceptors (Lipinski definition) is 3. The third-order valence-electron chi connectivity index (χ3n) is 2.64. The molecule has 1 saturated heterocycles. The first-order chi connectivity index (χ1) is 7.31. The minimum atomic E-state index is -0.236. The van der Waals surface area contributed by atoms with Crippen LogP contribution in [-0.2, 0) is 10.3 Å². The summed E-state index contributed by atoms with van der Waals surface area (Å²) in [7, 11) is 0. The molecule has 1 atom stereocenters. The predicted octanol–water partition coefficient (Wildman–Crippen LogP) is 2.73. The van der Waals surface area contributed by atoms with Crippen LogP contribution in [0.3, 0.4) is 0 Å². The van der Waals surface area contributed by atoms with E-state index in [4.69, 9.17) is 4.74 Å². The minimum absolute atomic E-state index is 0.236. The van der Waals surface area contributed by atoms with Crippen LogP contribution >= 0.6 is 11.3 Å². The van der Waals surface area contributed by atoms with Gasteiger partial charge < -0.3 is 4.74 Å². The summed E-state index contributed by atoms with van der Waals surface area (Å²) < 4.78 is 5.63. The smallest absolute Gasteiger partial charge is 0.168 e. The van der Waals surface area contributed by atoms with Crippen LogP contribution in [0, 0.1) is 6.92 Å². The predicted molar refractivity (Wildman–Crippen MR) is 60.0 cm³/mol. The number of thiazole rings is 1. The lowest BCUT2D eigenvalue weighted by molar-refractivity contribution is 0.348. The minimum Gasteiger partial charge on any atom is -0.357 e. The number of benzene rings is 1. The molecule has 1 fully saturated rings. The Morgan fingerprint density at radius 2 is 2.07 bits per heavy atom. The van der Waals surface area contributed by atoms with Crippen LogP contribution in [0.15, 0.2) is 35.7 Å². The number of ether oxygens (including phenoxy) is 1. The van der Waals surface area contributed by atoms with E-state index in [0.717, 1.165) is 17.3 Å². The van der Waals surface area contributed by atoms with Gasteiger partial charge in [-0.05, 0) is 12.5 Å². The largest absolute Gasteiger partial charge is 0.357 e. The summed E-state index contributed by atoms with van der Waals surface area (Å²) in [6.07, 6.45) is 0. The van der Waals surface area contributed by atoms with Crippen LogP contribution in [0.5, 0.6) is 0 Å². The summed E-state index contributed by atoms with van der Waals surface area (Å²) in [5.74, 6) is 0. The van der Waals surface area contributed by atoms with E-state index in [0.29, 0.717) is 0 Å². The zero-order chi connectivity index (χ0) is 10.3. The first kappa shape index (κ1) is 9.07. The highest BCUT2D eigenvalue weighted by Crippen LogP contribution is 2.45. The molecule has 1 unspecified atom stereocenters. The molecule has 0 aliphatic carbocycles. The van der Waals surface area contributed by atoms with E-state index in [2.05, 4.69) is 22.5 Å². The van der Waals surface area contributed by atoms with Gasteiger partial charge in [-0.2, -0.15) is 0 Å². The highest BCUT2D eigenvalue weighted by molar-refractivity contribution is 7.09. The second kappa shape index (κ2) is 3.15. The third kappa shape index (κ3) is 1.39. The Morgan fingerprint density at radius 1 is 1.33 bits per heavy atom. The molecule has 1 aliphatic heterocycles. The molecule has 1 aromatic carbocycles. The lowest BCUT2D eigenvalue weighted by Gasteiger charge is -2.08. The average molecular weight is 217 g/mol. The summed E-state index contributed by atoms with van der Waals surface area (Å²) in [5, 5.41) is 3.15. The number of aromatic nitrogens is 1. The Kier molecular flexibility index (Phi) is 1.90. The molecule has 2 nitrogen and oxygen atoms in total. The molecule has 0 amide bonds. The Morgan fingerprint density at radius 3 is 2.60 bits per heavy atom. The number of rotatable bonds is 2. The fourth-order valence-electron chi connectivity index (χ4n) is 1.73. The maximum absolute atomic E-state index is 5.63. The summed E-state index contributed by atoms with van der Waals surface area (Å²) in [6.45, 7) is 2.77. The highest BCUT2D eigenvalue weighted by Gasteiger charge is 2.50. The summed E-state index contributed by atoms with van der Waals surface area (Å²) >= 11 is 1.68. The van der Waals surface area contributed by atoms with Crippen LogP contribution in [0.2, 0.25) is 0 Å². The number of aryl methyl sites for hydroxylation is 1. The molecule has 0 N–H and O–H groups in total. The fraction of sp³-hybridized carbons (Fsp3) is 0.250. The first-order valence-corrected chi connectivity index (χ1v) is 5.81. The second-order valence-electron chi connectivity index (χ2n) is 3.78. The molecule has 1 aliphatic rings. The van der Waals surface area contributed by atoms with E-state index in [1.165, 1.54) is 5.56 Å². The zero-order valence-corrected chi connectivity index (χ0v) is 9.25. The van der Waals surface area contributed by atoms with Gasteiger partial charge in [0.25, 0.3) is 0 Å². The molecule has 3 rings (SSSR count). The van der Waals surface area contributed by atoms with Gasteiger partial charge in [-0.15, -0.1) is 11.3 Å². The van der Waals surface area contributed by atoms with Gasteiger partial charge in [0.05, 0.1) is 6.61 Å². The van der Waals surface area contributed by atoms with Crippen molar-refractivity contribution >= 4 is 11.3 Å². The molecule has 2 aromatic rings. The quantitative estimate of drug-likeness (QED) is 0.723. The number of epoxide rings is 1. The second-order valence-corrected chi connectivity index (χ2v) is 4.63. The average Bonchev–Trinajstić information content (AvgIpc) is 2.98. The summed E-state index contributed by atoms with van der Waals surface area (Å²) in [4.78, 5) is 4.51. The molecule has 76 valence electrons. The lowest BCUT2D eigenvalue weighted by Crippen LogP contribution is -2.10. The third-order valence-corrected chi connectivity index (χ3v) is 3.74. The Hall–Kier alpha value is -1.19. The van der Waals surface area contributed by atoms with Crippen LogP contribution in [0.4, 0.5) is 0 Å². The molecule has 3 heteroatoms. The summed E-state index contributed by atoms with van der Waals surface area (Å²) in [5.41, 5.74) is 2.04. The first-order valence-electron chi connectivity index (χ1n) is 4.93. The van der Waals surface area contributed by atoms with Gasteiger partial charge in [-0.3, -0.25) is 0 Å². The van der Waals surface area contributed by atoms with Crippen molar-refractivity contribution < 1.29 is 4.74 Å². The Bertz CT molecular complexity index is 473. The van der Waals surface area contributed by atoms with E-state index >= 15 is 0 Å². The normalized spacial score (nSPS) is 24.1. The van der Waals surface area contributed by atoms with Crippen LogP contribution in [0.25, 0.3) is 0 Å². The van der Waals surface area contributed by atoms with E-state index in [-0.39, 0.29) is 5.60 Å². The van der Waals surface area contributed by atoms with Gasteiger partial charge in [0.2, 0.25) is 0 Å². The molecule has 2 heterocycles. The van der Waals surface area contributed by atoms with Crippen LogP contribution in [-0.4, -0.2) is 11.6 Å². The molecule has 1 aromatic heterocycles. The molecule has 0 radical (unpaired) electrons. The van der Waals surface area contributed by atoms with E-state index in [9.17, 15) is 0 Å². The van der Waals surface area contributed by atoms with Crippen molar-refractivity contribution in [2.24, 2.45) is 0 Å². The van der Waals surface area contributed by atoms with E-state index < -0.39 is 0 Å². The van der Waals surface area contributed by atoms with Gasteiger partial charge >= 0.3 is 0 Å². The SMILES string of the molecule is Cc1csc(C2(c3ccccc3)CO2)n1. The van der Waals surface area contributed by atoms with Crippen LogP contribution < -0.4 is 0 Å².